The van der Waals surface area contributed by atoms with Crippen molar-refractivity contribution in [1.82, 2.24) is 19.7 Å². The van der Waals surface area contributed by atoms with E-state index in [2.05, 4.69) is 20.4 Å². The first kappa shape index (κ1) is 23.5. The molecule has 0 bridgehead atoms. The van der Waals surface area contributed by atoms with Gasteiger partial charge in [-0.15, -0.1) is 11.8 Å². The Morgan fingerprint density at radius 3 is 2.74 bits per heavy atom. The number of hydrogen-bond acceptors (Lipinski definition) is 8. The average Bonchev–Trinajstić information content (AvgIpc) is 3.51. The first-order valence-electron chi connectivity index (χ1n) is 10.1. The van der Waals surface area contributed by atoms with Crippen LogP contribution in [0.1, 0.15) is 21.6 Å². The maximum absolute atomic E-state index is 12.7. The molecule has 4 rings (SSSR count). The summed E-state index contributed by atoms with van der Waals surface area (Å²) in [6.45, 7) is 1.57. The van der Waals surface area contributed by atoms with Crippen LogP contribution in [0.2, 0.25) is 5.02 Å². The predicted molar refractivity (Wildman–Crippen MR) is 128 cm³/mol. The Kier molecular flexibility index (Phi) is 7.29. The van der Waals surface area contributed by atoms with Gasteiger partial charge in [-0.05, 0) is 36.9 Å². The number of benzene rings is 1. The third kappa shape index (κ3) is 5.29. The lowest BCUT2D eigenvalue weighted by Gasteiger charge is -2.12. The summed E-state index contributed by atoms with van der Waals surface area (Å²) in [6, 6.07) is 12.5. The zero-order valence-corrected chi connectivity index (χ0v) is 19.9. The molecule has 0 spiro atoms. The average molecular weight is 498 g/mol. The van der Waals surface area contributed by atoms with E-state index in [4.69, 9.17) is 20.8 Å². The molecule has 0 aliphatic heterocycles. The first-order chi connectivity index (χ1) is 16.5. The number of hydrogen-bond donors (Lipinski definition) is 1. The molecule has 0 saturated heterocycles. The van der Waals surface area contributed by atoms with Gasteiger partial charge in [0.15, 0.2) is 18.2 Å². The lowest BCUT2D eigenvalue weighted by atomic mass is 10.2. The van der Waals surface area contributed by atoms with Crippen molar-refractivity contribution in [3.8, 4) is 11.6 Å². The van der Waals surface area contributed by atoms with Crippen molar-refractivity contribution in [2.45, 2.75) is 18.5 Å². The number of rotatable bonds is 8. The minimum absolute atomic E-state index is 0.208. The summed E-state index contributed by atoms with van der Waals surface area (Å²) in [7, 11) is 0. The normalized spacial score (nSPS) is 10.8. The van der Waals surface area contributed by atoms with Gasteiger partial charge in [0.1, 0.15) is 16.4 Å². The zero-order valence-electron chi connectivity index (χ0n) is 18.3. The van der Waals surface area contributed by atoms with Crippen molar-refractivity contribution in [3.63, 3.8) is 0 Å². The van der Waals surface area contributed by atoms with Gasteiger partial charge in [0.2, 0.25) is 0 Å². The van der Waals surface area contributed by atoms with Crippen LogP contribution < -0.4 is 5.32 Å². The smallest absolute Gasteiger partial charge is 0.343 e. The van der Waals surface area contributed by atoms with Gasteiger partial charge in [-0.1, -0.05) is 29.8 Å². The molecule has 4 aromatic rings. The fraction of sp³-hybridized carbons (Fsp3) is 0.174. The van der Waals surface area contributed by atoms with Gasteiger partial charge in [0.25, 0.3) is 5.91 Å². The molecule has 3 aromatic heterocycles. The molecule has 0 unspecified atom stereocenters. The summed E-state index contributed by atoms with van der Waals surface area (Å²) in [4.78, 5) is 34.0. The number of aromatic nitrogens is 4. The van der Waals surface area contributed by atoms with E-state index in [-0.39, 0.29) is 5.56 Å². The SMILES string of the molecule is CSc1nc(-c2ccco2)nc(C)c1C(=O)OCC(=O)Nc1ccnn1Cc1ccccc1Cl. The number of halogens is 1. The third-order valence-corrected chi connectivity index (χ3v) is 5.84. The molecule has 34 heavy (non-hydrogen) atoms. The standard InChI is InChI=1S/C23H20ClN5O4S/c1-14-20(22(34-2)28-21(26-14)17-8-5-11-32-17)23(31)33-13-19(30)27-18-9-10-25-29(18)12-15-6-3-4-7-16(15)24/h3-11H,12-13H2,1-2H3,(H,27,30). The summed E-state index contributed by atoms with van der Waals surface area (Å²) in [6.07, 6.45) is 4.87. The molecule has 1 aromatic carbocycles. The lowest BCUT2D eigenvalue weighted by Crippen LogP contribution is -2.23. The second kappa shape index (κ2) is 10.5. The summed E-state index contributed by atoms with van der Waals surface area (Å²) < 4.78 is 12.2. The van der Waals surface area contributed by atoms with Crippen molar-refractivity contribution in [2.24, 2.45) is 0 Å². The van der Waals surface area contributed by atoms with E-state index in [1.54, 1.807) is 48.3 Å². The van der Waals surface area contributed by atoms with Crippen molar-refractivity contribution in [1.29, 1.82) is 0 Å². The summed E-state index contributed by atoms with van der Waals surface area (Å²) in [5.41, 5.74) is 1.49. The second-order valence-corrected chi connectivity index (χ2v) is 8.29. The van der Waals surface area contributed by atoms with E-state index in [1.165, 1.54) is 18.0 Å². The molecule has 174 valence electrons. The molecule has 1 N–H and O–H groups in total. The minimum atomic E-state index is -0.687. The van der Waals surface area contributed by atoms with Crippen molar-refractivity contribution in [3.05, 3.63) is 76.8 Å². The highest BCUT2D eigenvalue weighted by atomic mass is 35.5. The lowest BCUT2D eigenvalue weighted by molar-refractivity contribution is -0.119. The van der Waals surface area contributed by atoms with Crippen LogP contribution in [0.15, 0.2) is 64.4 Å². The largest absolute Gasteiger partial charge is 0.461 e. The van der Waals surface area contributed by atoms with Crippen molar-refractivity contribution in [2.75, 3.05) is 18.2 Å². The van der Waals surface area contributed by atoms with Crippen molar-refractivity contribution < 1.29 is 18.7 Å². The summed E-state index contributed by atoms with van der Waals surface area (Å²) >= 11 is 7.49. The topological polar surface area (TPSA) is 112 Å². The van der Waals surface area contributed by atoms with Gasteiger partial charge in [-0.2, -0.15) is 5.10 Å². The van der Waals surface area contributed by atoms with Crippen LogP contribution in [0.25, 0.3) is 11.6 Å². The van der Waals surface area contributed by atoms with E-state index in [0.717, 1.165) is 5.56 Å². The molecule has 0 saturated carbocycles. The number of carbonyl (C=O) groups excluding carboxylic acids is 2. The molecule has 0 fully saturated rings. The van der Waals surface area contributed by atoms with Crippen LogP contribution in [0, 0.1) is 6.92 Å². The highest BCUT2D eigenvalue weighted by Gasteiger charge is 2.22. The van der Waals surface area contributed by atoms with Crippen LogP contribution in [-0.4, -0.2) is 44.5 Å². The van der Waals surface area contributed by atoms with Crippen LogP contribution >= 0.6 is 23.4 Å². The number of aryl methyl sites for hydroxylation is 1. The van der Waals surface area contributed by atoms with Crippen LogP contribution in [0.5, 0.6) is 0 Å². The third-order valence-electron chi connectivity index (χ3n) is 4.79. The van der Waals surface area contributed by atoms with Crippen molar-refractivity contribution >= 4 is 41.1 Å². The number of amides is 1. The Morgan fingerprint density at radius 2 is 2.00 bits per heavy atom. The number of anilines is 1. The molecule has 1 amide bonds. The summed E-state index contributed by atoms with van der Waals surface area (Å²) in [5.74, 6) is 0.116. The Hall–Kier alpha value is -3.63. The van der Waals surface area contributed by atoms with E-state index in [9.17, 15) is 9.59 Å². The number of thioether (sulfide) groups is 1. The Balaban J connectivity index is 1.41. The first-order valence-corrected chi connectivity index (χ1v) is 11.7. The van der Waals surface area contributed by atoms with E-state index < -0.39 is 18.5 Å². The van der Waals surface area contributed by atoms with Crippen LogP contribution in [-0.2, 0) is 16.1 Å². The molecule has 9 nitrogen and oxygen atoms in total. The van der Waals surface area contributed by atoms with Gasteiger partial charge in [0, 0.05) is 11.1 Å². The molecule has 11 heteroatoms. The minimum Gasteiger partial charge on any atom is -0.461 e. The number of ether oxygens (including phenoxy) is 1. The van der Waals surface area contributed by atoms with Gasteiger partial charge >= 0.3 is 5.97 Å². The van der Waals surface area contributed by atoms with Crippen LogP contribution in [0.3, 0.4) is 0 Å². The fourth-order valence-electron chi connectivity index (χ4n) is 3.18. The molecular formula is C23H20ClN5O4S. The number of furan rings is 1. The predicted octanol–water partition coefficient (Wildman–Crippen LogP) is 4.46. The maximum Gasteiger partial charge on any atom is 0.343 e. The Bertz CT molecular complexity index is 1320. The molecule has 0 aliphatic rings. The van der Waals surface area contributed by atoms with Gasteiger partial charge < -0.3 is 14.5 Å². The Morgan fingerprint density at radius 1 is 1.18 bits per heavy atom. The second-order valence-electron chi connectivity index (χ2n) is 7.08. The van der Waals surface area contributed by atoms with Gasteiger partial charge in [-0.25, -0.2) is 19.4 Å². The highest BCUT2D eigenvalue weighted by molar-refractivity contribution is 7.98. The van der Waals surface area contributed by atoms with E-state index >= 15 is 0 Å². The van der Waals surface area contributed by atoms with E-state index in [1.807, 2.05) is 18.2 Å². The van der Waals surface area contributed by atoms with Crippen LogP contribution in [0.4, 0.5) is 5.82 Å². The number of esters is 1. The quantitative estimate of drug-likeness (QED) is 0.216. The van der Waals surface area contributed by atoms with E-state index in [0.29, 0.717) is 39.7 Å². The maximum atomic E-state index is 12.7. The highest BCUT2D eigenvalue weighted by Crippen LogP contribution is 2.26. The molecule has 3 heterocycles. The number of carbonyl (C=O) groups is 2. The Labute approximate surface area is 204 Å². The zero-order chi connectivity index (χ0) is 24.1. The summed E-state index contributed by atoms with van der Waals surface area (Å²) in [5, 5.41) is 7.95. The molecular weight excluding hydrogens is 478 g/mol. The monoisotopic (exact) mass is 497 g/mol. The van der Waals surface area contributed by atoms with Gasteiger partial charge in [0.05, 0.1) is 24.7 Å². The van der Waals surface area contributed by atoms with Gasteiger partial charge in [-0.3, -0.25) is 4.79 Å². The molecule has 0 radical (unpaired) electrons. The number of nitrogens with one attached hydrogen (secondary N) is 1. The number of nitrogens with zero attached hydrogens (tertiary/aromatic N) is 4. The fourth-order valence-corrected chi connectivity index (χ4v) is 3.99. The molecule has 0 aliphatic carbocycles. The molecule has 0 atom stereocenters.